The molecule has 0 aliphatic carbocycles. The molecule has 0 atom stereocenters. The van der Waals surface area contributed by atoms with Gasteiger partial charge in [0.2, 0.25) is 0 Å². The molecule has 2 aromatic carbocycles. The van der Waals surface area contributed by atoms with Gasteiger partial charge in [0.25, 0.3) is 0 Å². The maximum Gasteiger partial charge on any atom is 0.130 e. The van der Waals surface area contributed by atoms with E-state index in [-0.39, 0.29) is 11.6 Å². The van der Waals surface area contributed by atoms with Crippen LogP contribution in [0.15, 0.2) is 42.5 Å². The van der Waals surface area contributed by atoms with Crippen LogP contribution in [0.1, 0.15) is 29.8 Å². The smallest absolute Gasteiger partial charge is 0.130 e. The van der Waals surface area contributed by atoms with Crippen LogP contribution in [-0.2, 0) is 0 Å². The number of nitrogens with one attached hydrogen (secondary N) is 1. The number of thiazole rings is 1. The van der Waals surface area contributed by atoms with Gasteiger partial charge in [-0.3, -0.25) is 5.41 Å². The first-order valence-electron chi connectivity index (χ1n) is 12.3. The van der Waals surface area contributed by atoms with E-state index in [4.69, 9.17) is 25.6 Å². The van der Waals surface area contributed by atoms with Crippen LogP contribution in [-0.4, -0.2) is 67.3 Å². The average Bonchev–Trinajstić information content (AvgIpc) is 3.25. The van der Waals surface area contributed by atoms with E-state index in [9.17, 15) is 5.11 Å². The zero-order valence-corrected chi connectivity index (χ0v) is 21.8. The van der Waals surface area contributed by atoms with Gasteiger partial charge in [0, 0.05) is 37.8 Å². The number of benzene rings is 2. The van der Waals surface area contributed by atoms with Crippen LogP contribution in [0.4, 0.5) is 5.00 Å². The molecule has 1 aliphatic rings. The Kier molecular flexibility index (Phi) is 8.66. The van der Waals surface area contributed by atoms with Gasteiger partial charge in [0.1, 0.15) is 33.8 Å². The van der Waals surface area contributed by atoms with Crippen molar-refractivity contribution in [2.75, 3.05) is 51.3 Å². The monoisotopic (exact) mass is 509 g/mol. The van der Waals surface area contributed by atoms with Crippen LogP contribution < -0.4 is 20.1 Å². The lowest BCUT2D eigenvalue weighted by molar-refractivity contribution is 0.279. The maximum absolute atomic E-state index is 9.88. The van der Waals surface area contributed by atoms with Crippen LogP contribution in [0, 0.1) is 12.3 Å². The number of likely N-dealkylation sites (N-methyl/N-ethyl adjacent to an activating group) is 1. The molecule has 36 heavy (non-hydrogen) atoms. The Morgan fingerprint density at radius 3 is 2.28 bits per heavy atom. The molecule has 2 heterocycles. The third-order valence-corrected chi connectivity index (χ3v) is 7.25. The van der Waals surface area contributed by atoms with Crippen molar-refractivity contribution in [1.29, 1.82) is 5.41 Å². The first-order chi connectivity index (χ1) is 17.4. The number of hydrogen-bond acceptors (Lipinski definition) is 8. The number of aromatic nitrogens is 1. The molecule has 9 heteroatoms. The highest BCUT2D eigenvalue weighted by atomic mass is 32.1. The summed E-state index contributed by atoms with van der Waals surface area (Å²) in [6.07, 6.45) is 2.79. The molecular formula is C27H35N5O3S. The highest BCUT2D eigenvalue weighted by molar-refractivity contribution is 7.16. The maximum atomic E-state index is 9.88. The summed E-state index contributed by atoms with van der Waals surface area (Å²) in [6, 6.07) is 13.0. The number of hydrogen-bond donors (Lipinski definition) is 3. The van der Waals surface area contributed by atoms with E-state index in [2.05, 4.69) is 35.9 Å². The fraction of sp³-hybridized carbons (Fsp3) is 0.407. The first kappa shape index (κ1) is 25.8. The van der Waals surface area contributed by atoms with Gasteiger partial charge in [0.15, 0.2) is 0 Å². The largest absolute Gasteiger partial charge is 0.507 e. The van der Waals surface area contributed by atoms with Crippen molar-refractivity contribution in [3.63, 3.8) is 0 Å². The van der Waals surface area contributed by atoms with Gasteiger partial charge < -0.3 is 30.1 Å². The van der Waals surface area contributed by atoms with Crippen molar-refractivity contribution >= 4 is 22.2 Å². The molecule has 0 radical (unpaired) electrons. The fourth-order valence-corrected chi connectivity index (χ4v) is 5.12. The number of piperazine rings is 1. The van der Waals surface area contributed by atoms with Crippen molar-refractivity contribution in [2.45, 2.75) is 26.2 Å². The molecule has 0 unspecified atom stereocenters. The van der Waals surface area contributed by atoms with Crippen molar-refractivity contribution < 1.29 is 14.6 Å². The van der Waals surface area contributed by atoms with E-state index in [1.54, 1.807) is 23.5 Å². The van der Waals surface area contributed by atoms with Crippen molar-refractivity contribution in [2.24, 2.45) is 5.73 Å². The van der Waals surface area contributed by atoms with Gasteiger partial charge in [-0.2, -0.15) is 0 Å². The second-order valence-electron chi connectivity index (χ2n) is 9.05. The number of ether oxygens (including phenoxy) is 2. The first-order valence-corrected chi connectivity index (χ1v) is 13.2. The molecule has 8 nitrogen and oxygen atoms in total. The molecule has 0 amide bonds. The quantitative estimate of drug-likeness (QED) is 0.199. The van der Waals surface area contributed by atoms with Gasteiger partial charge in [-0.25, -0.2) is 4.98 Å². The molecule has 0 spiro atoms. The van der Waals surface area contributed by atoms with Gasteiger partial charge in [0.05, 0.1) is 23.8 Å². The summed E-state index contributed by atoms with van der Waals surface area (Å²) in [5.74, 6) is 1.23. The lowest BCUT2D eigenvalue weighted by atomic mass is 10.1. The minimum atomic E-state index is -0.165. The Bertz CT molecular complexity index is 1160. The third kappa shape index (κ3) is 6.67. The summed E-state index contributed by atoms with van der Waals surface area (Å²) in [6.45, 7) is 7.49. The Balaban J connectivity index is 1.19. The number of amidine groups is 1. The summed E-state index contributed by atoms with van der Waals surface area (Å²) in [5, 5.41) is 19.6. The lowest BCUT2D eigenvalue weighted by Crippen LogP contribution is -2.44. The zero-order chi connectivity index (χ0) is 25.5. The molecule has 1 saturated heterocycles. The topological polar surface area (TPSA) is 108 Å². The molecule has 4 N–H and O–H groups in total. The van der Waals surface area contributed by atoms with Crippen LogP contribution in [0.25, 0.3) is 11.3 Å². The van der Waals surface area contributed by atoms with Gasteiger partial charge >= 0.3 is 0 Å². The molecule has 0 saturated carbocycles. The number of anilines is 1. The molecule has 4 rings (SSSR count). The number of aromatic hydroxyl groups is 1. The molecular weight excluding hydrogens is 474 g/mol. The highest BCUT2D eigenvalue weighted by Gasteiger charge is 2.21. The second kappa shape index (κ2) is 12.1. The van der Waals surface area contributed by atoms with E-state index in [0.717, 1.165) is 67.5 Å². The van der Waals surface area contributed by atoms with E-state index < -0.39 is 0 Å². The lowest BCUT2D eigenvalue weighted by Gasteiger charge is -2.33. The number of phenolic OH excluding ortho intramolecular Hbond substituents is 1. The van der Waals surface area contributed by atoms with Gasteiger partial charge in [-0.1, -0.05) is 0 Å². The SMILES string of the molecule is Cc1nc(-c2ccc(OCCCCCOc3ccc(C(=N)N)c(O)c3)cc2)c(N2CCN(C)CC2)s1. The van der Waals surface area contributed by atoms with E-state index in [1.165, 1.54) is 11.1 Å². The third-order valence-electron chi connectivity index (χ3n) is 6.22. The molecule has 0 bridgehead atoms. The summed E-state index contributed by atoms with van der Waals surface area (Å²) >= 11 is 1.77. The molecule has 3 aromatic rings. The molecule has 1 aromatic heterocycles. The summed E-state index contributed by atoms with van der Waals surface area (Å²) in [5.41, 5.74) is 7.92. The van der Waals surface area contributed by atoms with Crippen molar-refractivity contribution in [3.05, 3.63) is 53.0 Å². The van der Waals surface area contributed by atoms with Crippen LogP contribution in [0.3, 0.4) is 0 Å². The van der Waals surface area contributed by atoms with Gasteiger partial charge in [-0.05, 0) is 69.6 Å². The highest BCUT2D eigenvalue weighted by Crippen LogP contribution is 2.37. The van der Waals surface area contributed by atoms with E-state index >= 15 is 0 Å². The Hall–Kier alpha value is -3.30. The standard InChI is InChI=1S/C27H35N5O3S/c1-19-30-25(27(36-19)32-14-12-31(2)13-15-32)20-6-8-21(9-7-20)34-16-4-3-5-17-35-22-10-11-23(26(28)29)24(33)18-22/h6-11,18,33H,3-5,12-17H2,1-2H3,(H3,28,29). The minimum absolute atomic E-state index is 0.0418. The van der Waals surface area contributed by atoms with Crippen LogP contribution in [0.5, 0.6) is 17.2 Å². The predicted molar refractivity (Wildman–Crippen MR) is 146 cm³/mol. The number of aryl methyl sites for hydroxylation is 1. The Morgan fingerprint density at radius 2 is 1.64 bits per heavy atom. The number of nitrogens with zero attached hydrogens (tertiary/aromatic N) is 3. The summed E-state index contributed by atoms with van der Waals surface area (Å²) in [7, 11) is 2.17. The average molecular weight is 510 g/mol. The summed E-state index contributed by atoms with van der Waals surface area (Å²) < 4.78 is 11.6. The normalized spacial score (nSPS) is 14.1. The molecule has 192 valence electrons. The zero-order valence-electron chi connectivity index (χ0n) is 21.0. The Labute approximate surface area is 216 Å². The van der Waals surface area contributed by atoms with Crippen molar-refractivity contribution in [1.82, 2.24) is 9.88 Å². The van der Waals surface area contributed by atoms with E-state index in [0.29, 0.717) is 24.5 Å². The number of rotatable bonds is 11. The van der Waals surface area contributed by atoms with Crippen LogP contribution in [0.2, 0.25) is 0 Å². The Morgan fingerprint density at radius 1 is 1.00 bits per heavy atom. The van der Waals surface area contributed by atoms with E-state index in [1.807, 2.05) is 12.1 Å². The molecule has 1 aliphatic heterocycles. The second-order valence-corrected chi connectivity index (χ2v) is 10.2. The molecule has 1 fully saturated rings. The number of nitrogens with two attached hydrogens (primary N) is 1. The number of nitrogen functional groups attached to an aromatic ring is 1. The minimum Gasteiger partial charge on any atom is -0.507 e. The predicted octanol–water partition coefficient (Wildman–Crippen LogP) is 4.49. The van der Waals surface area contributed by atoms with Crippen molar-refractivity contribution in [3.8, 4) is 28.5 Å². The fourth-order valence-electron chi connectivity index (χ4n) is 4.13. The summed E-state index contributed by atoms with van der Waals surface area (Å²) in [4.78, 5) is 9.65. The van der Waals surface area contributed by atoms with Gasteiger partial charge in [-0.15, -0.1) is 11.3 Å². The number of phenols is 1. The van der Waals surface area contributed by atoms with Crippen LogP contribution >= 0.6 is 11.3 Å². The number of unbranched alkanes of at least 4 members (excludes halogenated alkanes) is 2.